The van der Waals surface area contributed by atoms with Gasteiger partial charge in [-0.25, -0.2) is 0 Å². The van der Waals surface area contributed by atoms with Crippen LogP contribution >= 0.6 is 0 Å². The molecule has 0 aliphatic carbocycles. The van der Waals surface area contributed by atoms with Crippen LogP contribution < -0.4 is 0 Å². The fourth-order valence-electron chi connectivity index (χ4n) is 2.81. The van der Waals surface area contributed by atoms with E-state index in [2.05, 4.69) is 0 Å². The van der Waals surface area contributed by atoms with Crippen molar-refractivity contribution in [1.29, 1.82) is 0 Å². The molecule has 2 amide bonds. The number of carbonyl (C=O) groups is 2. The van der Waals surface area contributed by atoms with Crippen molar-refractivity contribution in [3.63, 3.8) is 0 Å². The number of piperidine rings is 1. The van der Waals surface area contributed by atoms with Crippen LogP contribution in [0.2, 0.25) is 0 Å². The summed E-state index contributed by atoms with van der Waals surface area (Å²) >= 11 is 0. The van der Waals surface area contributed by atoms with Crippen molar-refractivity contribution in [1.82, 2.24) is 9.80 Å². The summed E-state index contributed by atoms with van der Waals surface area (Å²) < 4.78 is 37.0. The lowest BCUT2D eigenvalue weighted by atomic mass is 9.94. The van der Waals surface area contributed by atoms with Crippen LogP contribution in [0.1, 0.15) is 19.8 Å². The predicted octanol–water partition coefficient (Wildman–Crippen LogP) is 0.627. The zero-order valence-corrected chi connectivity index (χ0v) is 11.8. The van der Waals surface area contributed by atoms with Crippen LogP contribution in [0.3, 0.4) is 0 Å². The molecule has 3 atom stereocenters. The van der Waals surface area contributed by atoms with Gasteiger partial charge < -0.3 is 14.9 Å². The van der Waals surface area contributed by atoms with Crippen molar-refractivity contribution in [2.75, 3.05) is 26.2 Å². The summed E-state index contributed by atoms with van der Waals surface area (Å²) in [4.78, 5) is 26.0. The maximum Gasteiger partial charge on any atom is 0.406 e. The van der Waals surface area contributed by atoms with Crippen molar-refractivity contribution in [3.05, 3.63) is 0 Å². The van der Waals surface area contributed by atoms with Gasteiger partial charge in [0.1, 0.15) is 6.54 Å². The summed E-state index contributed by atoms with van der Waals surface area (Å²) in [6.07, 6.45) is -4.60. The minimum absolute atomic E-state index is 0.0981. The third-order valence-corrected chi connectivity index (χ3v) is 4.16. The maximum atomic E-state index is 12.3. The van der Waals surface area contributed by atoms with E-state index in [1.54, 1.807) is 0 Å². The third-order valence-electron chi connectivity index (χ3n) is 4.16. The topological polar surface area (TPSA) is 60.9 Å². The smallest absolute Gasteiger partial charge is 0.391 e. The second-order valence-corrected chi connectivity index (χ2v) is 5.91. The minimum Gasteiger partial charge on any atom is -0.391 e. The first-order valence-corrected chi connectivity index (χ1v) is 6.98. The SMILES string of the molecule is CC1CCN(C(=O)C2CC(=O)N(CC(F)(F)F)C2)CC1O. The first kappa shape index (κ1) is 16.1. The van der Waals surface area contributed by atoms with E-state index in [9.17, 15) is 27.9 Å². The molecule has 2 fully saturated rings. The van der Waals surface area contributed by atoms with E-state index in [1.165, 1.54) is 4.90 Å². The highest BCUT2D eigenvalue weighted by atomic mass is 19.4. The highest BCUT2D eigenvalue weighted by Crippen LogP contribution is 2.26. The summed E-state index contributed by atoms with van der Waals surface area (Å²) in [7, 11) is 0. The van der Waals surface area contributed by atoms with E-state index in [0.717, 1.165) is 0 Å². The van der Waals surface area contributed by atoms with Crippen LogP contribution in [0.5, 0.6) is 0 Å². The number of hydrogen-bond donors (Lipinski definition) is 1. The Bertz CT molecular complexity index is 427. The molecule has 2 aliphatic heterocycles. The molecular formula is C13H19F3N2O3. The monoisotopic (exact) mass is 308 g/mol. The number of aliphatic hydroxyl groups is 1. The third kappa shape index (κ3) is 3.87. The molecule has 0 aromatic carbocycles. The lowest BCUT2D eigenvalue weighted by Gasteiger charge is -2.35. The van der Waals surface area contributed by atoms with Gasteiger partial charge >= 0.3 is 6.18 Å². The first-order valence-electron chi connectivity index (χ1n) is 6.98. The molecule has 8 heteroatoms. The molecule has 0 radical (unpaired) electrons. The van der Waals surface area contributed by atoms with Gasteiger partial charge in [0, 0.05) is 26.1 Å². The van der Waals surface area contributed by atoms with E-state index >= 15 is 0 Å². The number of nitrogens with zero attached hydrogens (tertiary/aromatic N) is 2. The van der Waals surface area contributed by atoms with E-state index in [0.29, 0.717) is 17.9 Å². The normalized spacial score (nSPS) is 30.9. The second kappa shape index (κ2) is 5.82. The van der Waals surface area contributed by atoms with E-state index in [-0.39, 0.29) is 31.3 Å². The number of halogens is 3. The fourth-order valence-corrected chi connectivity index (χ4v) is 2.81. The number of hydrogen-bond acceptors (Lipinski definition) is 3. The molecule has 2 saturated heterocycles. The minimum atomic E-state index is -4.45. The van der Waals surface area contributed by atoms with Gasteiger partial charge in [0.25, 0.3) is 0 Å². The molecule has 0 bridgehead atoms. The van der Waals surface area contributed by atoms with Gasteiger partial charge in [-0.05, 0) is 12.3 Å². The Morgan fingerprint density at radius 1 is 1.38 bits per heavy atom. The average Bonchev–Trinajstić information content (AvgIpc) is 2.71. The summed E-state index contributed by atoms with van der Waals surface area (Å²) in [5.74, 6) is -1.61. The molecular weight excluding hydrogens is 289 g/mol. The molecule has 0 spiro atoms. The van der Waals surface area contributed by atoms with Gasteiger partial charge in [0.15, 0.2) is 0 Å². The number of β-amino-alcohol motifs (C(OH)–C–C–N with tert-alkyl or cyclic N) is 1. The Morgan fingerprint density at radius 2 is 2.05 bits per heavy atom. The number of aliphatic hydroxyl groups excluding tert-OH is 1. The maximum absolute atomic E-state index is 12.3. The Morgan fingerprint density at radius 3 is 2.62 bits per heavy atom. The fraction of sp³-hybridized carbons (Fsp3) is 0.846. The summed E-state index contributed by atoms with van der Waals surface area (Å²) in [5, 5.41) is 9.78. The number of carbonyl (C=O) groups excluding carboxylic acids is 2. The van der Waals surface area contributed by atoms with Crippen molar-refractivity contribution < 1.29 is 27.9 Å². The van der Waals surface area contributed by atoms with Gasteiger partial charge in [0.05, 0.1) is 12.0 Å². The molecule has 1 N–H and O–H groups in total. The number of alkyl halides is 3. The van der Waals surface area contributed by atoms with Crippen LogP contribution in [0, 0.1) is 11.8 Å². The summed E-state index contributed by atoms with van der Waals surface area (Å²) in [6.45, 7) is 1.04. The van der Waals surface area contributed by atoms with Gasteiger partial charge in [-0.15, -0.1) is 0 Å². The lowest BCUT2D eigenvalue weighted by molar-refractivity contribution is -0.157. The first-order chi connectivity index (χ1) is 9.67. The van der Waals surface area contributed by atoms with Crippen LogP contribution in [-0.4, -0.2) is 65.2 Å². The van der Waals surface area contributed by atoms with Gasteiger partial charge in [0.2, 0.25) is 11.8 Å². The highest BCUT2D eigenvalue weighted by Gasteiger charge is 2.42. The molecule has 3 unspecified atom stereocenters. The van der Waals surface area contributed by atoms with Crippen LogP contribution in [0.4, 0.5) is 13.2 Å². The van der Waals surface area contributed by atoms with Crippen molar-refractivity contribution in [3.8, 4) is 0 Å². The second-order valence-electron chi connectivity index (χ2n) is 5.91. The number of likely N-dealkylation sites (tertiary alicyclic amines) is 2. The van der Waals surface area contributed by atoms with Crippen LogP contribution in [0.15, 0.2) is 0 Å². The Hall–Kier alpha value is -1.31. The summed E-state index contributed by atoms with van der Waals surface area (Å²) in [6, 6.07) is 0. The zero-order chi connectivity index (χ0) is 15.8. The number of rotatable bonds is 2. The van der Waals surface area contributed by atoms with E-state index in [4.69, 9.17) is 0 Å². The average molecular weight is 308 g/mol. The molecule has 2 rings (SSSR count). The lowest BCUT2D eigenvalue weighted by Crippen LogP contribution is -2.48. The van der Waals surface area contributed by atoms with Crippen molar-refractivity contribution in [2.45, 2.75) is 32.0 Å². The van der Waals surface area contributed by atoms with Crippen LogP contribution in [0.25, 0.3) is 0 Å². The van der Waals surface area contributed by atoms with Crippen molar-refractivity contribution in [2.24, 2.45) is 11.8 Å². The molecule has 5 nitrogen and oxygen atoms in total. The standard InChI is InChI=1S/C13H19F3N2O3/c1-8-2-3-17(6-10(8)19)12(21)9-4-11(20)18(5-9)7-13(14,15)16/h8-10,19H,2-7H2,1H3. The van der Waals surface area contributed by atoms with Gasteiger partial charge in [-0.1, -0.05) is 6.92 Å². The number of amides is 2. The zero-order valence-electron chi connectivity index (χ0n) is 11.8. The Labute approximate surface area is 120 Å². The molecule has 2 heterocycles. The summed E-state index contributed by atoms with van der Waals surface area (Å²) in [5.41, 5.74) is 0. The van der Waals surface area contributed by atoms with Crippen LogP contribution in [-0.2, 0) is 9.59 Å². The predicted molar refractivity (Wildman–Crippen MR) is 67.1 cm³/mol. The van der Waals surface area contributed by atoms with Crippen molar-refractivity contribution >= 4 is 11.8 Å². The molecule has 21 heavy (non-hydrogen) atoms. The molecule has 0 aromatic heterocycles. The Balaban J connectivity index is 1.94. The van der Waals surface area contributed by atoms with E-state index in [1.807, 2.05) is 6.92 Å². The molecule has 2 aliphatic rings. The van der Waals surface area contributed by atoms with Gasteiger partial charge in [-0.2, -0.15) is 13.2 Å². The van der Waals surface area contributed by atoms with Gasteiger partial charge in [-0.3, -0.25) is 9.59 Å². The highest BCUT2D eigenvalue weighted by molar-refractivity contribution is 5.89. The molecule has 0 aromatic rings. The largest absolute Gasteiger partial charge is 0.406 e. The van der Waals surface area contributed by atoms with E-state index < -0.39 is 30.7 Å². The molecule has 0 saturated carbocycles. The Kier molecular flexibility index (Phi) is 4.46. The quantitative estimate of drug-likeness (QED) is 0.814. The molecule has 120 valence electrons.